The van der Waals surface area contributed by atoms with Crippen LogP contribution in [-0.4, -0.2) is 30.1 Å². The van der Waals surface area contributed by atoms with E-state index in [0.29, 0.717) is 32.1 Å². The zero-order valence-corrected chi connectivity index (χ0v) is 24.1. The first-order chi connectivity index (χ1) is 19.8. The Morgan fingerprint density at radius 3 is 2.34 bits per heavy atom. The van der Waals surface area contributed by atoms with E-state index < -0.39 is 12.0 Å². The number of benzene rings is 3. The number of para-hydroxylation sites is 1. The summed E-state index contributed by atoms with van der Waals surface area (Å²) in [6, 6.07) is 24.0. The molecule has 0 spiro atoms. The van der Waals surface area contributed by atoms with Crippen LogP contribution in [0.3, 0.4) is 0 Å². The highest BCUT2D eigenvalue weighted by Gasteiger charge is 2.37. The first-order valence-corrected chi connectivity index (χ1v) is 14.4. The highest BCUT2D eigenvalue weighted by Crippen LogP contribution is 2.37. The third-order valence-corrected chi connectivity index (χ3v) is 8.60. The van der Waals surface area contributed by atoms with E-state index in [9.17, 15) is 14.4 Å². The number of hydrogen-bond acceptors (Lipinski definition) is 6. The third-order valence-electron chi connectivity index (χ3n) is 7.55. The molecule has 0 radical (unpaired) electrons. The van der Waals surface area contributed by atoms with E-state index in [1.165, 1.54) is 11.3 Å². The van der Waals surface area contributed by atoms with Crippen LogP contribution in [-0.2, 0) is 14.3 Å². The lowest BCUT2D eigenvalue weighted by Crippen LogP contribution is -2.40. The molecule has 206 valence electrons. The number of hydrogen-bond donors (Lipinski definition) is 0. The minimum absolute atomic E-state index is 0.176. The molecule has 0 fully saturated rings. The van der Waals surface area contributed by atoms with Crippen LogP contribution in [0.25, 0.3) is 11.3 Å². The average Bonchev–Trinajstić information content (AvgIpc) is 3.44. The monoisotopic (exact) mass is 563 g/mol. The van der Waals surface area contributed by atoms with Crippen LogP contribution >= 0.6 is 11.3 Å². The summed E-state index contributed by atoms with van der Waals surface area (Å²) in [7, 11) is 1.71. The number of fused-ring (bicyclic) bond motifs is 2. The van der Waals surface area contributed by atoms with Gasteiger partial charge in [0.2, 0.25) is 0 Å². The van der Waals surface area contributed by atoms with E-state index in [4.69, 9.17) is 9.73 Å². The maximum Gasteiger partial charge on any atom is 0.338 e. The Kier molecular flexibility index (Phi) is 6.79. The van der Waals surface area contributed by atoms with Gasteiger partial charge in [-0.15, -0.1) is 0 Å². The van der Waals surface area contributed by atoms with Crippen molar-refractivity contribution in [1.82, 2.24) is 4.57 Å². The molecule has 3 heterocycles. The molecule has 0 N–H and O–H groups in total. The third kappa shape index (κ3) is 4.35. The second-order valence-corrected chi connectivity index (χ2v) is 11.3. The predicted octanol–water partition coefficient (Wildman–Crippen LogP) is 4.41. The fourth-order valence-electron chi connectivity index (χ4n) is 5.46. The number of amides is 1. The molecule has 0 saturated heterocycles. The van der Waals surface area contributed by atoms with Gasteiger partial charge >= 0.3 is 5.97 Å². The Labute approximate surface area is 241 Å². The molecule has 2 aliphatic heterocycles. The Morgan fingerprint density at radius 2 is 1.66 bits per heavy atom. The van der Waals surface area contributed by atoms with Gasteiger partial charge in [-0.05, 0) is 30.0 Å². The highest BCUT2D eigenvalue weighted by atomic mass is 32.1. The van der Waals surface area contributed by atoms with Crippen molar-refractivity contribution < 1.29 is 14.3 Å². The van der Waals surface area contributed by atoms with Crippen molar-refractivity contribution in [2.24, 2.45) is 4.99 Å². The van der Waals surface area contributed by atoms with E-state index in [0.717, 1.165) is 22.4 Å². The van der Waals surface area contributed by atoms with Crippen LogP contribution < -0.4 is 19.8 Å². The Morgan fingerprint density at radius 1 is 0.976 bits per heavy atom. The number of likely N-dealkylation sites (N-methyl/N-ethyl adjacent to an activating group) is 1. The van der Waals surface area contributed by atoms with E-state index in [2.05, 4.69) is 13.8 Å². The van der Waals surface area contributed by atoms with Gasteiger partial charge in [-0.1, -0.05) is 98.0 Å². The summed E-state index contributed by atoms with van der Waals surface area (Å²) >= 11 is 1.17. The second-order valence-electron chi connectivity index (χ2n) is 10.3. The number of rotatable bonds is 5. The Bertz CT molecular complexity index is 1900. The number of anilines is 1. The summed E-state index contributed by atoms with van der Waals surface area (Å²) in [4.78, 5) is 48.3. The molecule has 0 bridgehead atoms. The van der Waals surface area contributed by atoms with Crippen LogP contribution in [0.4, 0.5) is 5.69 Å². The molecule has 1 aromatic heterocycles. The molecule has 0 saturated carbocycles. The lowest BCUT2D eigenvalue weighted by molar-refractivity contribution is -0.138. The van der Waals surface area contributed by atoms with Gasteiger partial charge in [0.1, 0.15) is 4.53 Å². The topological polar surface area (TPSA) is 81.0 Å². The zero-order valence-electron chi connectivity index (χ0n) is 23.3. The molecule has 41 heavy (non-hydrogen) atoms. The van der Waals surface area contributed by atoms with Crippen molar-refractivity contribution in [3.63, 3.8) is 0 Å². The van der Waals surface area contributed by atoms with Gasteiger partial charge in [0.15, 0.2) is 4.80 Å². The molecule has 1 atom stereocenters. The molecule has 0 unspecified atom stereocenters. The minimum Gasteiger partial charge on any atom is -0.463 e. The lowest BCUT2D eigenvalue weighted by Gasteiger charge is -2.26. The van der Waals surface area contributed by atoms with Gasteiger partial charge in [0, 0.05) is 18.2 Å². The van der Waals surface area contributed by atoms with Crippen molar-refractivity contribution in [1.29, 1.82) is 0 Å². The second kappa shape index (κ2) is 10.4. The van der Waals surface area contributed by atoms with Crippen LogP contribution in [0.2, 0.25) is 0 Å². The summed E-state index contributed by atoms with van der Waals surface area (Å²) in [5.74, 6) is -0.464. The van der Waals surface area contributed by atoms with E-state index in [1.54, 1.807) is 23.4 Å². The van der Waals surface area contributed by atoms with Gasteiger partial charge in [-0.25, -0.2) is 9.79 Å². The predicted molar refractivity (Wildman–Crippen MR) is 160 cm³/mol. The molecule has 0 aliphatic carbocycles. The zero-order chi connectivity index (χ0) is 28.8. The van der Waals surface area contributed by atoms with Crippen molar-refractivity contribution >= 4 is 40.2 Å². The van der Waals surface area contributed by atoms with Gasteiger partial charge < -0.3 is 9.64 Å². The lowest BCUT2D eigenvalue weighted by atomic mass is 9.91. The van der Waals surface area contributed by atoms with Gasteiger partial charge in [0.25, 0.3) is 11.5 Å². The molecule has 2 aliphatic rings. The summed E-state index contributed by atoms with van der Waals surface area (Å²) in [5.41, 5.74) is 4.81. The SMILES string of the molecule is CCOC(=O)C1=C(c2ccccc2)N=c2s/c(=C3\C(=O)N(C)c4ccccc43)c(=O)n2[C@H]1c1ccc(C(C)C)cc1. The van der Waals surface area contributed by atoms with Crippen LogP contribution in [0, 0.1) is 0 Å². The van der Waals surface area contributed by atoms with Crippen molar-refractivity contribution in [3.05, 3.63) is 126 Å². The number of carbonyl (C=O) groups excluding carboxylic acids is 2. The number of esters is 1. The maximum absolute atomic E-state index is 14.3. The minimum atomic E-state index is -0.791. The van der Waals surface area contributed by atoms with Gasteiger partial charge in [0.05, 0.1) is 35.2 Å². The van der Waals surface area contributed by atoms with E-state index in [1.807, 2.05) is 78.9 Å². The molecule has 1 amide bonds. The fourth-order valence-corrected chi connectivity index (χ4v) is 6.55. The van der Waals surface area contributed by atoms with Crippen molar-refractivity contribution in [2.75, 3.05) is 18.6 Å². The average molecular weight is 564 g/mol. The van der Waals surface area contributed by atoms with Crippen molar-refractivity contribution in [3.8, 4) is 0 Å². The Hall–Kier alpha value is -4.56. The normalized spacial score (nSPS) is 17.4. The smallest absolute Gasteiger partial charge is 0.338 e. The number of thiazole rings is 1. The summed E-state index contributed by atoms with van der Waals surface area (Å²) < 4.78 is 7.40. The molecular formula is C33H29N3O4S. The largest absolute Gasteiger partial charge is 0.463 e. The first-order valence-electron chi connectivity index (χ1n) is 13.6. The maximum atomic E-state index is 14.3. The molecular weight excluding hydrogens is 534 g/mol. The first kappa shape index (κ1) is 26.7. The van der Waals surface area contributed by atoms with Crippen molar-refractivity contribution in [2.45, 2.75) is 32.7 Å². The quantitative estimate of drug-likeness (QED) is 0.337. The summed E-state index contributed by atoms with van der Waals surface area (Å²) in [6.07, 6.45) is 0. The standard InChI is InChI=1S/C33H29N3O4S/c1-5-40-32(39)26-27(21-11-7-6-8-12-21)34-33-36(28(26)22-17-15-20(16-18-22)19(2)3)31(38)29(41-33)25-23-13-9-10-14-24(23)35(4)30(25)37/h6-19,28H,5H2,1-4H3/b29-25-/t28-/m0/s1. The number of nitrogens with zero attached hydrogens (tertiary/aromatic N) is 3. The Balaban J connectivity index is 1.70. The fraction of sp³-hybridized carbons (Fsp3) is 0.212. The number of aromatic nitrogens is 1. The molecule has 4 aromatic rings. The van der Waals surface area contributed by atoms with Gasteiger partial charge in [-0.2, -0.15) is 0 Å². The van der Waals surface area contributed by atoms with Crippen LogP contribution in [0.1, 0.15) is 55.0 Å². The van der Waals surface area contributed by atoms with E-state index in [-0.39, 0.29) is 23.6 Å². The number of ether oxygens (including phenoxy) is 1. The van der Waals surface area contributed by atoms with Gasteiger partial charge in [-0.3, -0.25) is 14.2 Å². The van der Waals surface area contributed by atoms with Crippen LogP contribution in [0.15, 0.2) is 94.2 Å². The summed E-state index contributed by atoms with van der Waals surface area (Å²) in [6.45, 7) is 6.16. The van der Waals surface area contributed by atoms with E-state index >= 15 is 0 Å². The molecule has 3 aromatic carbocycles. The summed E-state index contributed by atoms with van der Waals surface area (Å²) in [5, 5.41) is 0. The van der Waals surface area contributed by atoms with Crippen LogP contribution in [0.5, 0.6) is 0 Å². The molecule has 7 nitrogen and oxygen atoms in total. The highest BCUT2D eigenvalue weighted by molar-refractivity contribution is 7.07. The molecule has 6 rings (SSSR count). The number of carbonyl (C=O) groups is 2. The molecule has 8 heteroatoms.